The van der Waals surface area contributed by atoms with E-state index in [0.29, 0.717) is 33.0 Å². The SMILES string of the molecule is O=c1nccccc1Nc1nc2cccc(Cl)c2c2nc(-c3ccc(F)cc3)nn12. The van der Waals surface area contributed by atoms with Crippen LogP contribution >= 0.6 is 11.6 Å². The lowest BCUT2D eigenvalue weighted by molar-refractivity contribution is 0.628. The van der Waals surface area contributed by atoms with E-state index < -0.39 is 5.56 Å². The van der Waals surface area contributed by atoms with Crippen molar-refractivity contribution in [2.24, 2.45) is 0 Å². The minimum atomic E-state index is -0.444. The molecule has 0 unspecified atom stereocenters. The van der Waals surface area contributed by atoms with Gasteiger partial charge in [0.2, 0.25) is 5.95 Å². The predicted octanol–water partition coefficient (Wildman–Crippen LogP) is 4.24. The van der Waals surface area contributed by atoms with Crippen molar-refractivity contribution in [2.75, 3.05) is 5.32 Å². The van der Waals surface area contributed by atoms with E-state index in [1.165, 1.54) is 22.8 Å². The van der Waals surface area contributed by atoms with E-state index >= 15 is 0 Å². The highest BCUT2D eigenvalue weighted by Crippen LogP contribution is 2.30. The molecule has 0 atom stereocenters. The molecule has 3 aromatic heterocycles. The monoisotopic (exact) mass is 418 g/mol. The van der Waals surface area contributed by atoms with E-state index in [9.17, 15) is 9.18 Å². The zero-order valence-electron chi connectivity index (χ0n) is 15.3. The highest BCUT2D eigenvalue weighted by molar-refractivity contribution is 6.36. The van der Waals surface area contributed by atoms with Gasteiger partial charge < -0.3 is 5.32 Å². The van der Waals surface area contributed by atoms with Crippen LogP contribution in [0.1, 0.15) is 0 Å². The lowest BCUT2D eigenvalue weighted by atomic mass is 10.2. The number of fused-ring (bicyclic) bond motifs is 3. The summed E-state index contributed by atoms with van der Waals surface area (Å²) in [6.07, 6.45) is 1.42. The molecule has 0 saturated heterocycles. The molecule has 5 rings (SSSR count). The zero-order chi connectivity index (χ0) is 20.7. The summed E-state index contributed by atoms with van der Waals surface area (Å²) < 4.78 is 14.8. The summed E-state index contributed by atoms with van der Waals surface area (Å²) in [6, 6.07) is 16.1. The largest absolute Gasteiger partial charge is 0.319 e. The highest BCUT2D eigenvalue weighted by Gasteiger charge is 2.17. The third kappa shape index (κ3) is 3.13. The molecule has 7 nitrogen and oxygen atoms in total. The lowest BCUT2D eigenvalue weighted by Gasteiger charge is -2.08. The molecule has 5 aromatic rings. The van der Waals surface area contributed by atoms with Crippen molar-refractivity contribution in [3.8, 4) is 11.4 Å². The van der Waals surface area contributed by atoms with Crippen molar-refractivity contribution < 1.29 is 4.39 Å². The van der Waals surface area contributed by atoms with Crippen LogP contribution in [-0.4, -0.2) is 24.6 Å². The second-order valence-corrected chi connectivity index (χ2v) is 6.83. The summed E-state index contributed by atoms with van der Waals surface area (Å²) in [5.41, 5.74) is 1.45. The van der Waals surface area contributed by atoms with Gasteiger partial charge in [0.25, 0.3) is 5.56 Å². The number of anilines is 2. The topological polar surface area (TPSA) is 85.1 Å². The first-order valence-corrected chi connectivity index (χ1v) is 9.31. The van der Waals surface area contributed by atoms with Gasteiger partial charge in [-0.2, -0.15) is 4.52 Å². The Balaban J connectivity index is 1.78. The van der Waals surface area contributed by atoms with E-state index in [2.05, 4.69) is 25.4 Å². The summed E-state index contributed by atoms with van der Waals surface area (Å²) in [7, 11) is 0. The second-order valence-electron chi connectivity index (χ2n) is 6.42. The Bertz CT molecular complexity index is 1470. The van der Waals surface area contributed by atoms with Gasteiger partial charge in [-0.1, -0.05) is 23.7 Å². The van der Waals surface area contributed by atoms with Crippen molar-refractivity contribution in [3.05, 3.63) is 88.1 Å². The van der Waals surface area contributed by atoms with E-state index in [-0.39, 0.29) is 17.5 Å². The molecule has 2 aromatic carbocycles. The van der Waals surface area contributed by atoms with E-state index in [1.807, 2.05) is 0 Å². The molecule has 0 aliphatic heterocycles. The van der Waals surface area contributed by atoms with Gasteiger partial charge in [0, 0.05) is 11.8 Å². The predicted molar refractivity (Wildman–Crippen MR) is 112 cm³/mol. The Labute approximate surface area is 173 Å². The van der Waals surface area contributed by atoms with Crippen LogP contribution in [0.25, 0.3) is 27.9 Å². The molecule has 9 heteroatoms. The number of aromatic nitrogens is 5. The summed E-state index contributed by atoms with van der Waals surface area (Å²) in [5, 5.41) is 8.59. The molecule has 3 heterocycles. The third-order valence-electron chi connectivity index (χ3n) is 4.48. The third-order valence-corrected chi connectivity index (χ3v) is 4.80. The average molecular weight is 419 g/mol. The summed E-state index contributed by atoms with van der Waals surface area (Å²) >= 11 is 6.42. The van der Waals surface area contributed by atoms with Crippen LogP contribution in [-0.2, 0) is 0 Å². The van der Waals surface area contributed by atoms with Gasteiger partial charge in [-0.15, -0.1) is 5.10 Å². The van der Waals surface area contributed by atoms with Crippen LogP contribution in [0.15, 0.2) is 71.7 Å². The quantitative estimate of drug-likeness (QED) is 0.472. The molecule has 0 aliphatic rings. The molecule has 0 fully saturated rings. The van der Waals surface area contributed by atoms with Gasteiger partial charge in [-0.3, -0.25) is 4.79 Å². The smallest absolute Gasteiger partial charge is 0.293 e. The van der Waals surface area contributed by atoms with Crippen molar-refractivity contribution in [3.63, 3.8) is 0 Å². The number of nitrogens with one attached hydrogen (secondary N) is 1. The standard InChI is InChI=1S/C21H12ClFN6O/c22-14-4-3-6-15-17(14)19-27-18(12-7-9-13(23)10-8-12)28-29(19)21(25-15)26-16-5-1-2-11-24-20(16)30/h1-11H,(H,24,25,26,30). The molecule has 0 saturated carbocycles. The van der Waals surface area contributed by atoms with Gasteiger partial charge in [0.05, 0.1) is 15.9 Å². The van der Waals surface area contributed by atoms with Crippen molar-refractivity contribution in [1.82, 2.24) is 24.6 Å². The fourth-order valence-electron chi connectivity index (χ4n) is 3.08. The number of benzene rings is 2. The van der Waals surface area contributed by atoms with E-state index in [4.69, 9.17) is 11.6 Å². The lowest BCUT2D eigenvalue weighted by Crippen LogP contribution is -2.11. The Morgan fingerprint density at radius 2 is 1.80 bits per heavy atom. The number of hydrogen-bond acceptors (Lipinski definition) is 6. The molecule has 30 heavy (non-hydrogen) atoms. The minimum Gasteiger partial charge on any atom is -0.319 e. The van der Waals surface area contributed by atoms with Crippen LogP contribution in [0, 0.1) is 5.82 Å². The number of hydrogen-bond donors (Lipinski definition) is 1. The fourth-order valence-corrected chi connectivity index (χ4v) is 3.34. The van der Waals surface area contributed by atoms with Crippen LogP contribution in [0.2, 0.25) is 5.02 Å². The minimum absolute atomic E-state index is 0.231. The maximum absolute atomic E-state index is 13.3. The molecule has 146 valence electrons. The first-order chi connectivity index (χ1) is 14.6. The molecule has 0 amide bonds. The summed E-state index contributed by atoms with van der Waals surface area (Å²) in [6.45, 7) is 0. The zero-order valence-corrected chi connectivity index (χ0v) is 16.0. The fraction of sp³-hybridized carbons (Fsp3) is 0. The van der Waals surface area contributed by atoms with E-state index in [0.717, 1.165) is 0 Å². The maximum atomic E-state index is 13.3. The molecule has 1 N–H and O–H groups in total. The molecule has 0 spiro atoms. The Morgan fingerprint density at radius 1 is 0.967 bits per heavy atom. The first kappa shape index (κ1) is 18.1. The van der Waals surface area contributed by atoms with Gasteiger partial charge in [0.1, 0.15) is 11.5 Å². The van der Waals surface area contributed by atoms with Gasteiger partial charge in [0.15, 0.2) is 11.5 Å². The Kier molecular flexibility index (Phi) is 4.33. The molecular formula is C21H12ClFN6O. The second kappa shape index (κ2) is 7.16. The van der Waals surface area contributed by atoms with Crippen molar-refractivity contribution in [2.45, 2.75) is 0 Å². The molecule has 0 radical (unpaired) electrons. The van der Waals surface area contributed by atoms with Crippen LogP contribution in [0.3, 0.4) is 0 Å². The van der Waals surface area contributed by atoms with Crippen molar-refractivity contribution in [1.29, 1.82) is 0 Å². The molecule has 0 bridgehead atoms. The molecule has 0 aliphatic carbocycles. The molecular weight excluding hydrogens is 407 g/mol. The normalized spacial score (nSPS) is 11.1. The summed E-state index contributed by atoms with van der Waals surface area (Å²) in [5.74, 6) is 0.282. The van der Waals surface area contributed by atoms with Crippen LogP contribution < -0.4 is 10.9 Å². The number of halogens is 2. The van der Waals surface area contributed by atoms with Crippen LogP contribution in [0.5, 0.6) is 0 Å². The van der Waals surface area contributed by atoms with Crippen molar-refractivity contribution >= 4 is 39.8 Å². The van der Waals surface area contributed by atoms with E-state index in [1.54, 1.807) is 48.5 Å². The van der Waals surface area contributed by atoms with Gasteiger partial charge in [-0.25, -0.2) is 19.3 Å². The Hall–Kier alpha value is -3.91. The summed E-state index contributed by atoms with van der Waals surface area (Å²) in [4.78, 5) is 25.2. The van der Waals surface area contributed by atoms with Gasteiger partial charge in [-0.05, 0) is 48.5 Å². The van der Waals surface area contributed by atoms with Gasteiger partial charge >= 0.3 is 0 Å². The maximum Gasteiger partial charge on any atom is 0.293 e. The average Bonchev–Trinajstić information content (AvgIpc) is 3.08. The first-order valence-electron chi connectivity index (χ1n) is 8.93. The Morgan fingerprint density at radius 3 is 2.63 bits per heavy atom. The number of rotatable bonds is 3. The van der Waals surface area contributed by atoms with Crippen LogP contribution in [0.4, 0.5) is 16.0 Å². The number of nitrogens with zero attached hydrogens (tertiary/aromatic N) is 5. The highest BCUT2D eigenvalue weighted by atomic mass is 35.5.